The highest BCUT2D eigenvalue weighted by Crippen LogP contribution is 2.51. The number of anilines is 1. The Morgan fingerprint density at radius 1 is 1.46 bits per heavy atom. The zero-order valence-corrected chi connectivity index (χ0v) is 13.5. The largest absolute Gasteiger partial charge is 0.394 e. The Bertz CT molecular complexity index is 861. The number of hydrogen-bond donors (Lipinski definition) is 3. The van der Waals surface area contributed by atoms with E-state index in [9.17, 15) is 9.90 Å². The third kappa shape index (κ3) is 2.00. The summed E-state index contributed by atoms with van der Waals surface area (Å²) in [4.78, 5) is 22.6. The van der Waals surface area contributed by atoms with E-state index in [4.69, 9.17) is 19.9 Å². The fourth-order valence-corrected chi connectivity index (χ4v) is 3.64. The van der Waals surface area contributed by atoms with E-state index in [1.807, 2.05) is 6.92 Å². The summed E-state index contributed by atoms with van der Waals surface area (Å²) in [6, 6.07) is 0. The van der Waals surface area contributed by atoms with Crippen molar-refractivity contribution in [3.8, 4) is 0 Å². The smallest absolute Gasteiger partial charge is 0.280 e. The van der Waals surface area contributed by atoms with Crippen molar-refractivity contribution >= 4 is 17.1 Å². The van der Waals surface area contributed by atoms with Crippen molar-refractivity contribution in [1.82, 2.24) is 19.5 Å². The number of aromatic nitrogens is 4. The first-order valence-electron chi connectivity index (χ1n) is 7.62. The van der Waals surface area contributed by atoms with Gasteiger partial charge in [0.15, 0.2) is 23.2 Å². The molecule has 2 aromatic rings. The molecule has 10 nitrogen and oxygen atoms in total. The van der Waals surface area contributed by atoms with Crippen LogP contribution >= 0.6 is 0 Å². The van der Waals surface area contributed by atoms with Crippen LogP contribution in [0.15, 0.2) is 11.1 Å². The van der Waals surface area contributed by atoms with Crippen molar-refractivity contribution < 1.29 is 19.3 Å². The SMILES string of the molecule is CC1(C)OC2[C@@H](CO)O[C@@H](n3cnc4c(=O)[nH]c(N)nc43)[C@]2(C)O1. The van der Waals surface area contributed by atoms with Crippen molar-refractivity contribution in [2.45, 2.75) is 50.6 Å². The van der Waals surface area contributed by atoms with Crippen LogP contribution in [0.2, 0.25) is 0 Å². The van der Waals surface area contributed by atoms with Gasteiger partial charge < -0.3 is 25.1 Å². The highest BCUT2D eigenvalue weighted by Gasteiger charge is 2.64. The van der Waals surface area contributed by atoms with Gasteiger partial charge >= 0.3 is 0 Å². The van der Waals surface area contributed by atoms with Crippen molar-refractivity contribution in [2.24, 2.45) is 0 Å². The molecule has 0 aromatic carbocycles. The minimum atomic E-state index is -0.885. The number of ether oxygens (including phenoxy) is 3. The summed E-state index contributed by atoms with van der Waals surface area (Å²) in [5.74, 6) is -0.841. The van der Waals surface area contributed by atoms with Crippen LogP contribution in [-0.4, -0.2) is 54.8 Å². The normalized spacial score (nSPS) is 34.8. The lowest BCUT2D eigenvalue weighted by molar-refractivity contribution is -0.217. The minimum Gasteiger partial charge on any atom is -0.394 e. The van der Waals surface area contributed by atoms with Gasteiger partial charge in [0.25, 0.3) is 5.56 Å². The van der Waals surface area contributed by atoms with Gasteiger partial charge in [-0.2, -0.15) is 4.98 Å². The Kier molecular flexibility index (Phi) is 3.08. The number of aromatic amines is 1. The molecule has 4 heterocycles. The molecule has 2 aliphatic rings. The van der Waals surface area contributed by atoms with Gasteiger partial charge in [-0.25, -0.2) is 4.98 Å². The maximum atomic E-state index is 12.0. The molecule has 4 atom stereocenters. The maximum Gasteiger partial charge on any atom is 0.280 e. The van der Waals surface area contributed by atoms with Crippen LogP contribution in [0, 0.1) is 0 Å². The monoisotopic (exact) mass is 337 g/mol. The number of nitrogens with one attached hydrogen (secondary N) is 1. The van der Waals surface area contributed by atoms with E-state index in [1.165, 1.54) is 6.33 Å². The number of aliphatic hydroxyl groups is 1. The maximum absolute atomic E-state index is 12.0. The summed E-state index contributed by atoms with van der Waals surface area (Å²) < 4.78 is 19.5. The van der Waals surface area contributed by atoms with E-state index < -0.39 is 35.4 Å². The van der Waals surface area contributed by atoms with Crippen LogP contribution in [-0.2, 0) is 14.2 Å². The van der Waals surface area contributed by atoms with Gasteiger partial charge in [0.2, 0.25) is 5.95 Å². The van der Waals surface area contributed by atoms with E-state index >= 15 is 0 Å². The summed E-state index contributed by atoms with van der Waals surface area (Å²) in [6.07, 6.45) is -0.272. The first kappa shape index (κ1) is 15.5. The number of hydrogen-bond acceptors (Lipinski definition) is 8. The summed E-state index contributed by atoms with van der Waals surface area (Å²) >= 11 is 0. The van der Waals surface area contributed by atoms with Crippen molar-refractivity contribution in [2.75, 3.05) is 12.3 Å². The third-order valence-corrected chi connectivity index (χ3v) is 4.46. The molecule has 10 heteroatoms. The number of nitrogens with zero attached hydrogens (tertiary/aromatic N) is 3. The van der Waals surface area contributed by atoms with Gasteiger partial charge in [-0.3, -0.25) is 14.3 Å². The molecule has 0 amide bonds. The quantitative estimate of drug-likeness (QED) is 0.667. The Balaban J connectivity index is 1.86. The lowest BCUT2D eigenvalue weighted by Gasteiger charge is -2.30. The number of nitrogens with two attached hydrogens (primary N) is 1. The molecule has 1 unspecified atom stereocenters. The van der Waals surface area contributed by atoms with Gasteiger partial charge in [0.1, 0.15) is 17.8 Å². The van der Waals surface area contributed by atoms with E-state index in [0.29, 0.717) is 0 Å². The predicted molar refractivity (Wildman–Crippen MR) is 82.0 cm³/mol. The molecule has 2 saturated heterocycles. The number of imidazole rings is 1. The van der Waals surface area contributed by atoms with Crippen molar-refractivity contribution in [1.29, 1.82) is 0 Å². The van der Waals surface area contributed by atoms with E-state index in [1.54, 1.807) is 18.4 Å². The number of H-pyrrole nitrogens is 1. The van der Waals surface area contributed by atoms with Crippen LogP contribution in [0.3, 0.4) is 0 Å². The molecule has 130 valence electrons. The molecule has 0 spiro atoms. The predicted octanol–water partition coefficient (Wildman–Crippen LogP) is -0.498. The molecule has 0 aliphatic carbocycles. The second-order valence-corrected chi connectivity index (χ2v) is 6.71. The van der Waals surface area contributed by atoms with Crippen LogP contribution < -0.4 is 11.3 Å². The van der Waals surface area contributed by atoms with Gasteiger partial charge in [0, 0.05) is 0 Å². The van der Waals surface area contributed by atoms with E-state index in [-0.39, 0.29) is 23.7 Å². The van der Waals surface area contributed by atoms with Crippen LogP contribution in [0.4, 0.5) is 5.95 Å². The number of rotatable bonds is 2. The van der Waals surface area contributed by atoms with E-state index in [0.717, 1.165) is 0 Å². The van der Waals surface area contributed by atoms with Crippen molar-refractivity contribution in [3.05, 3.63) is 16.7 Å². The molecule has 0 bridgehead atoms. The second-order valence-electron chi connectivity index (χ2n) is 6.71. The second kappa shape index (κ2) is 4.76. The summed E-state index contributed by atoms with van der Waals surface area (Å²) in [7, 11) is 0. The lowest BCUT2D eigenvalue weighted by Crippen LogP contribution is -2.42. The average Bonchev–Trinajstić information content (AvgIpc) is 3.06. The molecule has 0 saturated carbocycles. The van der Waals surface area contributed by atoms with Crippen LogP contribution in [0.5, 0.6) is 0 Å². The molecule has 2 aromatic heterocycles. The molecule has 4 rings (SSSR count). The standard InChI is InChI=1S/C14H19N5O5/c1-13(2)23-8-6(4-20)22-11(14(8,3)24-13)19-5-16-7-9(19)17-12(15)18-10(7)21/h5-6,8,11,20H,4H2,1-3H3,(H3,15,17,18,21)/t6-,8?,11-,14-/m1/s1. The van der Waals surface area contributed by atoms with Crippen LogP contribution in [0.25, 0.3) is 11.2 Å². The first-order valence-corrected chi connectivity index (χ1v) is 7.62. The van der Waals surface area contributed by atoms with Crippen LogP contribution in [0.1, 0.15) is 27.0 Å². The number of aliphatic hydroxyl groups excluding tert-OH is 1. The number of fused-ring (bicyclic) bond motifs is 2. The Labute approximate surface area is 136 Å². The van der Waals surface area contributed by atoms with Crippen molar-refractivity contribution in [3.63, 3.8) is 0 Å². The average molecular weight is 337 g/mol. The fraction of sp³-hybridized carbons (Fsp3) is 0.643. The van der Waals surface area contributed by atoms with Gasteiger partial charge in [-0.15, -0.1) is 0 Å². The minimum absolute atomic E-state index is 0.0171. The van der Waals surface area contributed by atoms with Gasteiger partial charge in [0.05, 0.1) is 12.9 Å². The molecule has 24 heavy (non-hydrogen) atoms. The molecule has 2 aliphatic heterocycles. The third-order valence-electron chi connectivity index (χ3n) is 4.46. The van der Waals surface area contributed by atoms with Gasteiger partial charge in [-0.1, -0.05) is 0 Å². The Morgan fingerprint density at radius 2 is 2.21 bits per heavy atom. The topological polar surface area (TPSA) is 138 Å². The Morgan fingerprint density at radius 3 is 2.92 bits per heavy atom. The zero-order chi connectivity index (χ0) is 17.3. The summed E-state index contributed by atoms with van der Waals surface area (Å²) in [6.45, 7) is 5.22. The Hall–Kier alpha value is -2.01. The highest BCUT2D eigenvalue weighted by atomic mass is 16.8. The van der Waals surface area contributed by atoms with Gasteiger partial charge in [-0.05, 0) is 20.8 Å². The lowest BCUT2D eigenvalue weighted by atomic mass is 9.96. The zero-order valence-electron chi connectivity index (χ0n) is 13.5. The molecular weight excluding hydrogens is 318 g/mol. The highest BCUT2D eigenvalue weighted by molar-refractivity contribution is 5.70. The molecule has 4 N–H and O–H groups in total. The molecule has 0 radical (unpaired) electrons. The fourth-order valence-electron chi connectivity index (χ4n) is 3.64. The first-order chi connectivity index (χ1) is 11.2. The summed E-state index contributed by atoms with van der Waals surface area (Å²) in [5, 5.41) is 9.64. The molecular formula is C14H19N5O5. The number of nitrogen functional groups attached to an aromatic ring is 1. The molecule has 2 fully saturated rings. The van der Waals surface area contributed by atoms with E-state index in [2.05, 4.69) is 15.0 Å². The summed E-state index contributed by atoms with van der Waals surface area (Å²) in [5.41, 5.74) is 4.76.